The van der Waals surface area contributed by atoms with Gasteiger partial charge in [-0.05, 0) is 19.1 Å². The number of carboxylic acids is 1. The van der Waals surface area contributed by atoms with Crippen molar-refractivity contribution in [3.8, 4) is 5.75 Å². The monoisotopic (exact) mass is 301 g/mol. The van der Waals surface area contributed by atoms with Gasteiger partial charge in [0.25, 0.3) is 0 Å². The molecule has 1 aliphatic heterocycles. The lowest BCUT2D eigenvalue weighted by molar-refractivity contribution is -0.129. The summed E-state index contributed by atoms with van der Waals surface area (Å²) >= 11 is 0. The second-order valence-corrected chi connectivity index (χ2v) is 4.47. The molecule has 112 valence electrons. The normalized spacial score (nSPS) is 14.0. The molecule has 1 aromatic carbocycles. The third-order valence-corrected chi connectivity index (χ3v) is 3.08. The minimum absolute atomic E-state index is 0.197. The van der Waals surface area contributed by atoms with E-state index < -0.39 is 5.97 Å². The van der Waals surface area contributed by atoms with Gasteiger partial charge in [-0.25, -0.2) is 9.79 Å². The van der Waals surface area contributed by atoms with Crippen molar-refractivity contribution in [3.63, 3.8) is 0 Å². The van der Waals surface area contributed by atoms with Crippen LogP contribution in [0.3, 0.4) is 0 Å². The number of carbonyl (C=O) groups is 4. The molecule has 0 bridgehead atoms. The molecule has 2 rings (SSSR count). The van der Waals surface area contributed by atoms with Crippen LogP contribution < -0.4 is 4.74 Å². The summed E-state index contributed by atoms with van der Waals surface area (Å²) in [6.07, 6.45) is 1.45. The number of rotatable bonds is 5. The predicted octanol–water partition coefficient (Wildman–Crippen LogP) is 1.40. The predicted molar refractivity (Wildman–Crippen MR) is 75.7 cm³/mol. The van der Waals surface area contributed by atoms with Gasteiger partial charge in [-0.2, -0.15) is 0 Å². The van der Waals surface area contributed by atoms with Crippen LogP contribution in [-0.4, -0.2) is 35.1 Å². The third-order valence-electron chi connectivity index (χ3n) is 3.08. The molecule has 0 spiro atoms. The zero-order valence-corrected chi connectivity index (χ0v) is 11.5. The summed E-state index contributed by atoms with van der Waals surface area (Å²) in [5, 5.41) is 8.99. The van der Waals surface area contributed by atoms with E-state index in [9.17, 15) is 19.2 Å². The Morgan fingerprint density at radius 3 is 2.68 bits per heavy atom. The van der Waals surface area contributed by atoms with E-state index in [0.717, 1.165) is 6.08 Å². The van der Waals surface area contributed by atoms with Gasteiger partial charge in [-0.1, -0.05) is 0 Å². The highest BCUT2D eigenvalue weighted by Gasteiger charge is 2.26. The molecule has 1 N–H and O–H groups in total. The fraction of sp³-hybridized carbons (Fsp3) is 0.133. The van der Waals surface area contributed by atoms with E-state index in [1.807, 2.05) is 0 Å². The average Bonchev–Trinajstić information content (AvgIpc) is 2.49. The topological polar surface area (TPSA) is 110 Å². The van der Waals surface area contributed by atoms with Crippen LogP contribution in [-0.2, 0) is 14.4 Å². The average molecular weight is 301 g/mol. The number of aliphatic carboxylic acids is 1. The maximum absolute atomic E-state index is 11.9. The van der Waals surface area contributed by atoms with Crippen LogP contribution in [0.15, 0.2) is 29.0 Å². The molecule has 0 aromatic heterocycles. The van der Waals surface area contributed by atoms with E-state index >= 15 is 0 Å². The first kappa shape index (κ1) is 15.3. The van der Waals surface area contributed by atoms with Crippen molar-refractivity contribution in [3.05, 3.63) is 35.1 Å². The van der Waals surface area contributed by atoms with Crippen LogP contribution in [0, 0.1) is 6.92 Å². The van der Waals surface area contributed by atoms with Gasteiger partial charge >= 0.3 is 5.97 Å². The number of carboxylic acid groups (broad SMARTS) is 1. The number of hydrogen-bond acceptors (Lipinski definition) is 6. The van der Waals surface area contributed by atoms with Gasteiger partial charge in [0.15, 0.2) is 17.8 Å². The highest BCUT2D eigenvalue weighted by molar-refractivity contribution is 6.42. The van der Waals surface area contributed by atoms with Gasteiger partial charge in [0.1, 0.15) is 17.7 Å². The standard InChI is InChI=1S/C15H11NO6/c1-8-13(22-9(7-18)4-5-17)3-2-10-12(19)6-11(15(20)21)16-14(8)10/h2-5,7H,6H2,1H3,(H,20,21). The second kappa shape index (κ2) is 6.13. The number of benzene rings is 1. The molecule has 1 heterocycles. The summed E-state index contributed by atoms with van der Waals surface area (Å²) in [5.74, 6) is -1.61. The van der Waals surface area contributed by atoms with E-state index in [1.54, 1.807) is 6.92 Å². The zero-order chi connectivity index (χ0) is 16.3. The summed E-state index contributed by atoms with van der Waals surface area (Å²) in [7, 11) is 0. The van der Waals surface area contributed by atoms with Crippen molar-refractivity contribution in [1.29, 1.82) is 0 Å². The molecular formula is C15H11NO6. The number of nitrogens with zero attached hydrogens (tertiary/aromatic N) is 1. The Bertz CT molecular complexity index is 745. The lowest BCUT2D eigenvalue weighted by Crippen LogP contribution is -2.21. The maximum Gasteiger partial charge on any atom is 0.350 e. The van der Waals surface area contributed by atoms with E-state index in [1.165, 1.54) is 12.1 Å². The minimum Gasteiger partial charge on any atom is -0.477 e. The molecule has 0 aliphatic carbocycles. The quantitative estimate of drug-likeness (QED) is 0.500. The van der Waals surface area contributed by atoms with Crippen molar-refractivity contribution in [1.82, 2.24) is 0 Å². The first-order chi connectivity index (χ1) is 10.5. The molecule has 0 atom stereocenters. The van der Waals surface area contributed by atoms with Gasteiger partial charge < -0.3 is 9.84 Å². The third kappa shape index (κ3) is 2.83. The first-order valence-corrected chi connectivity index (χ1v) is 6.24. The van der Waals surface area contributed by atoms with E-state index in [-0.39, 0.29) is 35.1 Å². The van der Waals surface area contributed by atoms with Crippen molar-refractivity contribution >= 4 is 35.7 Å². The molecule has 7 nitrogen and oxygen atoms in total. The summed E-state index contributed by atoms with van der Waals surface area (Å²) in [5.41, 5.74) is 0.643. The summed E-state index contributed by atoms with van der Waals surface area (Å²) < 4.78 is 5.27. The number of carbonyl (C=O) groups excluding carboxylic acids is 3. The number of Topliss-reactive ketones (excluding diaryl/α,β-unsaturated/α-hetero) is 1. The lowest BCUT2D eigenvalue weighted by atomic mass is 9.97. The fourth-order valence-electron chi connectivity index (χ4n) is 2.00. The highest BCUT2D eigenvalue weighted by Crippen LogP contribution is 2.35. The number of allylic oxidation sites excluding steroid dienone is 2. The zero-order valence-electron chi connectivity index (χ0n) is 11.5. The molecule has 1 aliphatic rings. The molecule has 0 unspecified atom stereocenters. The van der Waals surface area contributed by atoms with Gasteiger partial charge in [0.2, 0.25) is 0 Å². The maximum atomic E-state index is 11.9. The molecule has 0 radical (unpaired) electrons. The van der Waals surface area contributed by atoms with Gasteiger partial charge in [0, 0.05) is 17.2 Å². The Labute approximate surface area is 124 Å². The largest absolute Gasteiger partial charge is 0.477 e. The van der Waals surface area contributed by atoms with Crippen molar-refractivity contribution < 1.29 is 29.0 Å². The molecule has 1 aromatic rings. The Balaban J connectivity index is 2.52. The smallest absolute Gasteiger partial charge is 0.350 e. The first-order valence-electron chi connectivity index (χ1n) is 6.24. The second-order valence-electron chi connectivity index (χ2n) is 4.47. The van der Waals surface area contributed by atoms with Crippen LogP contribution >= 0.6 is 0 Å². The molecule has 0 saturated heterocycles. The van der Waals surface area contributed by atoms with Crippen LogP contribution in [0.1, 0.15) is 22.3 Å². The van der Waals surface area contributed by atoms with Crippen molar-refractivity contribution in [2.24, 2.45) is 4.99 Å². The number of ether oxygens (including phenoxy) is 1. The molecule has 0 saturated carbocycles. The molecule has 22 heavy (non-hydrogen) atoms. The lowest BCUT2D eigenvalue weighted by Gasteiger charge is -2.17. The summed E-state index contributed by atoms with van der Waals surface area (Å²) in [6, 6.07) is 2.92. The highest BCUT2D eigenvalue weighted by atomic mass is 16.5. The van der Waals surface area contributed by atoms with Crippen LogP contribution in [0.5, 0.6) is 5.75 Å². The Morgan fingerprint density at radius 2 is 2.09 bits per heavy atom. The molecule has 0 amide bonds. The van der Waals surface area contributed by atoms with Crippen molar-refractivity contribution in [2.45, 2.75) is 13.3 Å². The van der Waals surface area contributed by atoms with Gasteiger partial charge in [-0.15, -0.1) is 0 Å². The van der Waals surface area contributed by atoms with Gasteiger partial charge in [-0.3, -0.25) is 14.4 Å². The molecular weight excluding hydrogens is 290 g/mol. The van der Waals surface area contributed by atoms with E-state index in [2.05, 4.69) is 4.99 Å². The fourth-order valence-corrected chi connectivity index (χ4v) is 2.00. The summed E-state index contributed by atoms with van der Waals surface area (Å²) in [6.45, 7) is 1.58. The Kier molecular flexibility index (Phi) is 4.26. The van der Waals surface area contributed by atoms with Crippen LogP contribution in [0.2, 0.25) is 0 Å². The number of aldehydes is 2. The molecule has 0 fully saturated rings. The van der Waals surface area contributed by atoms with Crippen LogP contribution in [0.4, 0.5) is 5.69 Å². The number of fused-ring (bicyclic) bond motifs is 1. The van der Waals surface area contributed by atoms with Crippen LogP contribution in [0.25, 0.3) is 0 Å². The molecule has 7 heteroatoms. The van der Waals surface area contributed by atoms with E-state index in [0.29, 0.717) is 23.7 Å². The van der Waals surface area contributed by atoms with Crippen molar-refractivity contribution in [2.75, 3.05) is 0 Å². The van der Waals surface area contributed by atoms with Gasteiger partial charge in [0.05, 0.1) is 12.1 Å². The number of ketones is 1. The Hall–Kier alpha value is -3.09. The van der Waals surface area contributed by atoms with E-state index in [4.69, 9.17) is 9.84 Å². The number of hydrogen-bond donors (Lipinski definition) is 1. The Morgan fingerprint density at radius 1 is 1.36 bits per heavy atom. The SMILES string of the molecule is Cc1c(OC(C=O)=CC=O)ccc2c1N=C(C(=O)O)CC2=O. The summed E-state index contributed by atoms with van der Waals surface area (Å²) in [4.78, 5) is 48.1. The minimum atomic E-state index is -1.26. The number of aliphatic imine (C=N–C) groups is 1.